The summed E-state index contributed by atoms with van der Waals surface area (Å²) < 4.78 is 0. The molecule has 0 aliphatic carbocycles. The highest BCUT2D eigenvalue weighted by molar-refractivity contribution is 6.09. The molecule has 7 rings (SSSR count). The quantitative estimate of drug-likeness (QED) is 0.205. The van der Waals surface area contributed by atoms with Crippen molar-refractivity contribution in [3.05, 3.63) is 132 Å². The van der Waals surface area contributed by atoms with Gasteiger partial charge in [0, 0.05) is 41.8 Å². The van der Waals surface area contributed by atoms with E-state index in [-0.39, 0.29) is 17.9 Å². The number of fused-ring (bicyclic) bond motifs is 1. The van der Waals surface area contributed by atoms with Crippen LogP contribution in [0.25, 0.3) is 22.2 Å². The van der Waals surface area contributed by atoms with E-state index in [2.05, 4.69) is 63.8 Å². The topological polar surface area (TPSA) is 77.6 Å². The highest BCUT2D eigenvalue weighted by Crippen LogP contribution is 2.38. The van der Waals surface area contributed by atoms with E-state index in [1.165, 1.54) is 0 Å². The predicted octanol–water partition coefficient (Wildman–Crippen LogP) is 6.71. The lowest BCUT2D eigenvalue weighted by Gasteiger charge is -2.43. The second kappa shape index (κ2) is 12.8. The number of nitrogens with zero attached hydrogens (tertiary/aromatic N) is 3. The van der Waals surface area contributed by atoms with E-state index in [1.807, 2.05) is 78.9 Å². The summed E-state index contributed by atoms with van der Waals surface area (Å²) in [5, 5.41) is 7.33. The predicted molar refractivity (Wildman–Crippen MR) is 183 cm³/mol. The lowest BCUT2D eigenvalue weighted by Crippen LogP contribution is -2.56. The molecule has 1 aromatic heterocycles. The van der Waals surface area contributed by atoms with Gasteiger partial charge in [-0.1, -0.05) is 104 Å². The van der Waals surface area contributed by atoms with Crippen LogP contribution in [0.3, 0.4) is 0 Å². The average molecular weight is 610 g/mol. The Kier molecular flexibility index (Phi) is 8.24. The van der Waals surface area contributed by atoms with Gasteiger partial charge >= 0.3 is 0 Å². The standard InChI is InChI=1S/C39H39N5O2/c1-2-33(28-14-6-3-7-15-28)42-37(45)35-31-20-12-13-21-34(31)41-36(29-16-8-4-9-17-29)32(35)26-43-24-22-39(23-25-43)38(46)40-27-44(39)30-18-10-5-11-19-30/h3-21,33H,2,22-27H2,1H3,(H,40,46)(H,42,45)/t33-/m0/s1. The molecular weight excluding hydrogens is 570 g/mol. The number of benzene rings is 4. The van der Waals surface area contributed by atoms with Gasteiger partial charge in [0.2, 0.25) is 5.91 Å². The summed E-state index contributed by atoms with van der Waals surface area (Å²) in [6, 6.07) is 38.3. The maximum atomic E-state index is 14.5. The molecule has 2 aliphatic heterocycles. The Hall–Kier alpha value is -5.01. The first-order valence-corrected chi connectivity index (χ1v) is 16.2. The summed E-state index contributed by atoms with van der Waals surface area (Å²) in [5.41, 5.74) is 5.74. The second-order valence-electron chi connectivity index (χ2n) is 12.3. The van der Waals surface area contributed by atoms with E-state index >= 15 is 0 Å². The molecule has 2 N–H and O–H groups in total. The van der Waals surface area contributed by atoms with Gasteiger partial charge in [-0.05, 0) is 43.0 Å². The van der Waals surface area contributed by atoms with Crippen LogP contribution < -0.4 is 15.5 Å². The SMILES string of the molecule is CC[C@H](NC(=O)c1c(CN2CCC3(CC2)C(=O)NCN3c2ccccc2)c(-c2ccccc2)nc2ccccc12)c1ccccc1. The largest absolute Gasteiger partial charge is 0.345 e. The third kappa shape index (κ3) is 5.52. The molecule has 1 atom stereocenters. The number of likely N-dealkylation sites (tertiary alicyclic amines) is 1. The fourth-order valence-corrected chi connectivity index (χ4v) is 7.17. The Morgan fingerprint density at radius 3 is 2.20 bits per heavy atom. The Bertz CT molecular complexity index is 1840. The molecule has 4 aromatic carbocycles. The highest BCUT2D eigenvalue weighted by atomic mass is 16.2. The number of rotatable bonds is 8. The van der Waals surface area contributed by atoms with Gasteiger partial charge in [0.1, 0.15) is 5.54 Å². The summed E-state index contributed by atoms with van der Waals surface area (Å²) in [6.45, 7) is 4.61. The number of para-hydroxylation sites is 2. The van der Waals surface area contributed by atoms with Gasteiger partial charge in [0.25, 0.3) is 5.91 Å². The third-order valence-electron chi connectivity index (χ3n) is 9.65. The van der Waals surface area contributed by atoms with Gasteiger partial charge in [-0.3, -0.25) is 14.5 Å². The molecule has 3 heterocycles. The van der Waals surface area contributed by atoms with Gasteiger partial charge in [-0.25, -0.2) is 4.98 Å². The van der Waals surface area contributed by atoms with E-state index in [4.69, 9.17) is 4.98 Å². The number of piperidine rings is 1. The number of carbonyl (C=O) groups excluding carboxylic acids is 2. The first kappa shape index (κ1) is 29.7. The molecule has 232 valence electrons. The van der Waals surface area contributed by atoms with Crippen LogP contribution in [0.2, 0.25) is 0 Å². The number of hydrogen-bond donors (Lipinski definition) is 2. The third-order valence-corrected chi connectivity index (χ3v) is 9.65. The van der Waals surface area contributed by atoms with E-state index in [0.717, 1.165) is 58.5 Å². The summed E-state index contributed by atoms with van der Waals surface area (Å²) >= 11 is 0. The Balaban J connectivity index is 1.26. The minimum atomic E-state index is -0.577. The van der Waals surface area contributed by atoms with Gasteiger partial charge in [0.15, 0.2) is 0 Å². The molecule has 5 aromatic rings. The van der Waals surface area contributed by atoms with Crippen LogP contribution in [0.5, 0.6) is 0 Å². The van der Waals surface area contributed by atoms with Gasteiger partial charge in [-0.2, -0.15) is 0 Å². The molecule has 2 fully saturated rings. The van der Waals surface area contributed by atoms with Crippen molar-refractivity contribution in [3.63, 3.8) is 0 Å². The van der Waals surface area contributed by atoms with Gasteiger partial charge in [-0.15, -0.1) is 0 Å². The van der Waals surface area contributed by atoms with Crippen LogP contribution >= 0.6 is 0 Å². The molecular formula is C39H39N5O2. The maximum absolute atomic E-state index is 14.5. The molecule has 7 heteroatoms. The van der Waals surface area contributed by atoms with E-state index in [9.17, 15) is 9.59 Å². The zero-order valence-corrected chi connectivity index (χ0v) is 26.2. The minimum absolute atomic E-state index is 0.0969. The van der Waals surface area contributed by atoms with Crippen LogP contribution in [0.15, 0.2) is 115 Å². The number of anilines is 1. The van der Waals surface area contributed by atoms with E-state index in [0.29, 0.717) is 31.6 Å². The summed E-state index contributed by atoms with van der Waals surface area (Å²) in [7, 11) is 0. The van der Waals surface area contributed by atoms with Gasteiger partial charge in [0.05, 0.1) is 29.5 Å². The van der Waals surface area contributed by atoms with Crippen LogP contribution in [-0.4, -0.2) is 47.0 Å². The fraction of sp³-hybridized carbons (Fsp3) is 0.256. The number of pyridine rings is 1. The molecule has 0 bridgehead atoms. The lowest BCUT2D eigenvalue weighted by molar-refractivity contribution is -0.125. The first-order valence-electron chi connectivity index (χ1n) is 16.2. The summed E-state index contributed by atoms with van der Waals surface area (Å²) in [4.78, 5) is 37.6. The molecule has 46 heavy (non-hydrogen) atoms. The molecule has 2 saturated heterocycles. The Morgan fingerprint density at radius 1 is 0.870 bits per heavy atom. The zero-order valence-electron chi connectivity index (χ0n) is 26.2. The van der Waals surface area contributed by atoms with Crippen molar-refractivity contribution in [1.82, 2.24) is 20.5 Å². The van der Waals surface area contributed by atoms with Crippen LogP contribution in [0.1, 0.15) is 53.7 Å². The lowest BCUT2D eigenvalue weighted by atomic mass is 9.85. The minimum Gasteiger partial charge on any atom is -0.345 e. The number of amides is 2. The normalized spacial score (nSPS) is 16.8. The van der Waals surface area contributed by atoms with E-state index < -0.39 is 5.54 Å². The molecule has 0 unspecified atom stereocenters. The first-order chi connectivity index (χ1) is 22.6. The van der Waals surface area contributed by atoms with Crippen molar-refractivity contribution >= 4 is 28.4 Å². The van der Waals surface area contributed by atoms with Crippen molar-refractivity contribution in [2.24, 2.45) is 0 Å². The molecule has 2 aliphatic rings. The average Bonchev–Trinajstić information content (AvgIpc) is 3.43. The molecule has 1 spiro atoms. The van der Waals surface area contributed by atoms with Crippen LogP contribution in [0.4, 0.5) is 5.69 Å². The number of aromatic nitrogens is 1. The van der Waals surface area contributed by atoms with Crippen molar-refractivity contribution in [3.8, 4) is 11.3 Å². The fourth-order valence-electron chi connectivity index (χ4n) is 7.17. The highest BCUT2D eigenvalue weighted by Gasteiger charge is 2.50. The Morgan fingerprint density at radius 2 is 1.50 bits per heavy atom. The molecule has 0 saturated carbocycles. The summed E-state index contributed by atoms with van der Waals surface area (Å²) in [6.07, 6.45) is 2.17. The Labute approximate surface area is 270 Å². The van der Waals surface area contributed by atoms with Crippen molar-refractivity contribution in [2.45, 2.75) is 44.3 Å². The van der Waals surface area contributed by atoms with E-state index in [1.54, 1.807) is 0 Å². The van der Waals surface area contributed by atoms with Gasteiger partial charge < -0.3 is 15.5 Å². The molecule has 7 nitrogen and oxygen atoms in total. The monoisotopic (exact) mass is 609 g/mol. The zero-order chi connectivity index (χ0) is 31.5. The molecule has 2 amide bonds. The summed E-state index contributed by atoms with van der Waals surface area (Å²) in [5.74, 6) is 0.000299. The molecule has 0 radical (unpaired) electrons. The van der Waals surface area contributed by atoms with Crippen LogP contribution in [-0.2, 0) is 11.3 Å². The smallest absolute Gasteiger partial charge is 0.252 e. The number of carbonyl (C=O) groups is 2. The van der Waals surface area contributed by atoms with Crippen molar-refractivity contribution in [1.29, 1.82) is 0 Å². The van der Waals surface area contributed by atoms with Crippen molar-refractivity contribution < 1.29 is 9.59 Å². The second-order valence-corrected chi connectivity index (χ2v) is 12.3. The van der Waals surface area contributed by atoms with Crippen molar-refractivity contribution in [2.75, 3.05) is 24.7 Å². The number of hydrogen-bond acceptors (Lipinski definition) is 5. The number of nitrogens with one attached hydrogen (secondary N) is 2. The van der Waals surface area contributed by atoms with Crippen LogP contribution in [0, 0.1) is 0 Å². The maximum Gasteiger partial charge on any atom is 0.252 e.